The van der Waals surface area contributed by atoms with Crippen molar-refractivity contribution in [3.63, 3.8) is 0 Å². The number of carbonyl (C=O) groups excluding carboxylic acids is 6. The summed E-state index contributed by atoms with van der Waals surface area (Å²) in [4.78, 5) is 91.1. The van der Waals surface area contributed by atoms with Crippen molar-refractivity contribution >= 4 is 46.5 Å². The van der Waals surface area contributed by atoms with Gasteiger partial charge >= 0.3 is 6.09 Å². The Morgan fingerprint density at radius 2 is 1.27 bits per heavy atom. The van der Waals surface area contributed by atoms with Gasteiger partial charge in [0.05, 0.1) is 19.5 Å². The molecule has 328 valence electrons. The fourth-order valence-corrected chi connectivity index (χ4v) is 6.48. The number of nitrogens with one attached hydrogen (secondary N) is 7. The number of primary amides is 1. The van der Waals surface area contributed by atoms with E-state index in [1.165, 1.54) is 19.4 Å². The Hall–Kier alpha value is -7.05. The molecule has 0 aliphatic carbocycles. The summed E-state index contributed by atoms with van der Waals surface area (Å²) in [6.07, 6.45) is 4.87. The van der Waals surface area contributed by atoms with Gasteiger partial charge < -0.3 is 57.5 Å². The van der Waals surface area contributed by atoms with Crippen LogP contribution in [0.3, 0.4) is 0 Å². The summed E-state index contributed by atoms with van der Waals surface area (Å²) in [5, 5.41) is 14.2. The zero-order valence-corrected chi connectivity index (χ0v) is 34.4. The number of H-pyrrole nitrogens is 2. The number of para-hydroxylation sites is 1. The largest absolute Gasteiger partial charge is 0.445 e. The van der Waals surface area contributed by atoms with Crippen LogP contribution < -0.4 is 38.1 Å². The molecule has 11 N–H and O–H groups in total. The molecule has 0 spiro atoms. The van der Waals surface area contributed by atoms with Gasteiger partial charge in [0.1, 0.15) is 36.8 Å². The van der Waals surface area contributed by atoms with E-state index in [0.29, 0.717) is 30.6 Å². The maximum atomic E-state index is 14.3. The second kappa shape index (κ2) is 23.7. The maximum absolute atomic E-state index is 14.3. The highest BCUT2D eigenvalue weighted by molar-refractivity contribution is 5.96. The van der Waals surface area contributed by atoms with Crippen LogP contribution in [0.15, 0.2) is 104 Å². The molecule has 2 heterocycles. The Morgan fingerprint density at radius 3 is 1.95 bits per heavy atom. The first-order chi connectivity index (χ1) is 30.0. The molecule has 6 amide bonds. The molecule has 0 aliphatic heterocycles. The van der Waals surface area contributed by atoms with E-state index in [-0.39, 0.29) is 39.1 Å². The minimum absolute atomic E-state index is 0.00881. The van der Waals surface area contributed by atoms with Gasteiger partial charge in [-0.3, -0.25) is 24.0 Å². The van der Waals surface area contributed by atoms with Crippen molar-refractivity contribution in [3.8, 4) is 0 Å². The van der Waals surface area contributed by atoms with Crippen molar-refractivity contribution in [2.45, 2.75) is 82.5 Å². The van der Waals surface area contributed by atoms with Gasteiger partial charge in [0.25, 0.3) is 0 Å². The van der Waals surface area contributed by atoms with Crippen LogP contribution in [0.25, 0.3) is 10.9 Å². The summed E-state index contributed by atoms with van der Waals surface area (Å²) in [7, 11) is 0. The van der Waals surface area contributed by atoms with Gasteiger partial charge in [0, 0.05) is 41.8 Å². The van der Waals surface area contributed by atoms with E-state index in [1.807, 2.05) is 60.7 Å². The van der Waals surface area contributed by atoms with E-state index >= 15 is 0 Å². The number of hydrogen-bond donors (Lipinski definition) is 9. The lowest BCUT2D eigenvalue weighted by Crippen LogP contribution is -2.60. The van der Waals surface area contributed by atoms with Gasteiger partial charge in [-0.15, -0.1) is 0 Å². The molecule has 0 saturated heterocycles. The van der Waals surface area contributed by atoms with E-state index in [4.69, 9.17) is 20.9 Å². The van der Waals surface area contributed by atoms with Gasteiger partial charge in [-0.25, -0.2) is 9.78 Å². The van der Waals surface area contributed by atoms with Crippen LogP contribution in [0, 0.1) is 0 Å². The Kier molecular flexibility index (Phi) is 17.6. The van der Waals surface area contributed by atoms with E-state index < -0.39 is 65.8 Å². The monoisotopic (exact) mass is 850 g/mol. The van der Waals surface area contributed by atoms with Gasteiger partial charge in [0.15, 0.2) is 0 Å². The molecular formula is C44H54N10O8. The van der Waals surface area contributed by atoms with Crippen LogP contribution in [0.5, 0.6) is 0 Å². The number of alkyl carbamates (subject to hydrolysis) is 1. The third-order valence-electron chi connectivity index (χ3n) is 9.93. The number of aromatic amines is 2. The minimum atomic E-state index is -1.38. The number of hydrogen-bond acceptors (Lipinski definition) is 10. The van der Waals surface area contributed by atoms with Crippen LogP contribution >= 0.6 is 0 Å². The number of ether oxygens (including phenoxy) is 2. The summed E-state index contributed by atoms with van der Waals surface area (Å²) < 4.78 is 11.3. The molecular weight excluding hydrogens is 797 g/mol. The maximum Gasteiger partial charge on any atom is 0.408 e. The molecule has 0 bridgehead atoms. The molecule has 0 aliphatic rings. The fraction of sp³-hybridized carbons (Fsp3) is 0.341. The van der Waals surface area contributed by atoms with Crippen molar-refractivity contribution in [2.75, 3.05) is 13.2 Å². The number of unbranched alkanes of at least 4 members (excludes halogenated alkanes) is 1. The Morgan fingerprint density at radius 1 is 0.677 bits per heavy atom. The van der Waals surface area contributed by atoms with Gasteiger partial charge in [-0.2, -0.15) is 0 Å². The van der Waals surface area contributed by atoms with Crippen LogP contribution in [-0.2, 0) is 59.5 Å². The first-order valence-corrected chi connectivity index (χ1v) is 20.3. The molecule has 0 radical (unpaired) electrons. The third kappa shape index (κ3) is 14.3. The third-order valence-corrected chi connectivity index (χ3v) is 9.93. The summed E-state index contributed by atoms with van der Waals surface area (Å²) >= 11 is 0. The number of fused-ring (bicyclic) bond motifs is 1. The Bertz CT molecular complexity index is 2220. The number of nitrogens with two attached hydrogens (primary N) is 2. The number of nitrogens with zero attached hydrogens (tertiary/aromatic N) is 1. The number of aromatic nitrogens is 3. The normalized spacial score (nSPS) is 13.5. The smallest absolute Gasteiger partial charge is 0.408 e. The molecule has 18 nitrogen and oxygen atoms in total. The summed E-state index contributed by atoms with van der Waals surface area (Å²) in [6.45, 7) is 1.47. The Labute approximate surface area is 358 Å². The topological polar surface area (TPSA) is 278 Å². The molecule has 5 aromatic rings. The van der Waals surface area contributed by atoms with Gasteiger partial charge in [0.2, 0.25) is 29.5 Å². The average molecular weight is 851 g/mol. The standard InChI is InChI=1S/C44H54N10O8/c1-28(39(46)55)50-41(57)36(20-31-22-48-34-17-9-8-16-33(31)34)52-43(59)38(26-61-24-29-12-4-2-5-13-29)53-40(56)35(18-10-11-19-45)51-42(58)37(21-32-23-47-27-49-32)54-44(60)62-25-30-14-6-3-7-15-30/h2-9,12-17,22-23,27-28,35-38,48H,10-11,18-21,24-26,45H2,1H3,(H2,46,55)(H,47,49)(H,50,57)(H,51,58)(H,52,59)(H,53,56)(H,54,60)/t28-,35?,36+,37+,38+/m0/s1. The van der Waals surface area contributed by atoms with Crippen LogP contribution in [0.2, 0.25) is 0 Å². The number of amides is 6. The first-order valence-electron chi connectivity index (χ1n) is 20.3. The molecule has 5 atom stereocenters. The second-order valence-electron chi connectivity index (χ2n) is 14.7. The molecule has 2 aromatic heterocycles. The highest BCUT2D eigenvalue weighted by atomic mass is 16.5. The van der Waals surface area contributed by atoms with E-state index in [9.17, 15) is 28.8 Å². The van der Waals surface area contributed by atoms with Crippen LogP contribution in [0.4, 0.5) is 4.79 Å². The van der Waals surface area contributed by atoms with Gasteiger partial charge in [-0.1, -0.05) is 78.9 Å². The van der Waals surface area contributed by atoms with Crippen molar-refractivity contribution in [1.29, 1.82) is 0 Å². The lowest BCUT2D eigenvalue weighted by atomic mass is 10.0. The van der Waals surface area contributed by atoms with Gasteiger partial charge in [-0.05, 0) is 55.5 Å². The lowest BCUT2D eigenvalue weighted by Gasteiger charge is -2.27. The van der Waals surface area contributed by atoms with Crippen LogP contribution in [0.1, 0.15) is 48.6 Å². The summed E-state index contributed by atoms with van der Waals surface area (Å²) in [5.74, 6) is -3.67. The SMILES string of the molecule is C[C@H](NC(=O)[C@@H](Cc1c[nH]c2ccccc12)NC(=O)[C@@H](COCc1ccccc1)NC(=O)C(CCCCN)NC(=O)[C@@H](Cc1cnc[nH]1)NC(=O)OCc1ccccc1)C(N)=O. The van der Waals surface area contributed by atoms with E-state index in [0.717, 1.165) is 22.0 Å². The number of rotatable bonds is 24. The van der Waals surface area contributed by atoms with Crippen molar-refractivity contribution in [2.24, 2.45) is 11.5 Å². The molecule has 0 saturated carbocycles. The Balaban J connectivity index is 1.36. The molecule has 0 fully saturated rings. The first kappa shape index (κ1) is 46.0. The van der Waals surface area contributed by atoms with E-state index in [1.54, 1.807) is 30.5 Å². The zero-order valence-electron chi connectivity index (χ0n) is 34.4. The molecule has 1 unspecified atom stereocenters. The number of imidazole rings is 1. The zero-order chi connectivity index (χ0) is 44.3. The molecule has 18 heteroatoms. The highest BCUT2D eigenvalue weighted by Crippen LogP contribution is 2.19. The molecule has 3 aromatic carbocycles. The summed E-state index contributed by atoms with van der Waals surface area (Å²) in [5.41, 5.74) is 14.8. The van der Waals surface area contributed by atoms with Crippen molar-refractivity contribution < 1.29 is 38.2 Å². The van der Waals surface area contributed by atoms with E-state index in [2.05, 4.69) is 41.5 Å². The second-order valence-corrected chi connectivity index (χ2v) is 14.7. The minimum Gasteiger partial charge on any atom is -0.445 e. The fourth-order valence-electron chi connectivity index (χ4n) is 6.48. The summed E-state index contributed by atoms with van der Waals surface area (Å²) in [6, 6.07) is 19.6. The highest BCUT2D eigenvalue weighted by Gasteiger charge is 2.33. The number of carbonyl (C=O) groups is 6. The predicted octanol–water partition coefficient (Wildman–Crippen LogP) is 1.76. The quantitative estimate of drug-likeness (QED) is 0.0406. The lowest BCUT2D eigenvalue weighted by molar-refractivity contribution is -0.135. The molecule has 5 rings (SSSR count). The average Bonchev–Trinajstić information content (AvgIpc) is 3.95. The predicted molar refractivity (Wildman–Crippen MR) is 229 cm³/mol. The van der Waals surface area contributed by atoms with Crippen LogP contribution in [-0.4, -0.2) is 93.9 Å². The van der Waals surface area contributed by atoms with Crippen molar-refractivity contribution in [3.05, 3.63) is 126 Å². The van der Waals surface area contributed by atoms with Crippen molar-refractivity contribution in [1.82, 2.24) is 41.5 Å². The number of benzene rings is 3. The molecule has 62 heavy (non-hydrogen) atoms.